The molecule has 0 aliphatic carbocycles. The molecule has 31 heavy (non-hydrogen) atoms. The van der Waals surface area contributed by atoms with Crippen molar-refractivity contribution in [3.63, 3.8) is 0 Å². The van der Waals surface area contributed by atoms with Gasteiger partial charge in [-0.25, -0.2) is 0 Å². The molecule has 168 valence electrons. The van der Waals surface area contributed by atoms with Gasteiger partial charge in [-0.1, -0.05) is 83.1 Å². The van der Waals surface area contributed by atoms with Crippen molar-refractivity contribution in [2.24, 2.45) is 0 Å². The molecule has 5 nitrogen and oxygen atoms in total. The summed E-state index contributed by atoms with van der Waals surface area (Å²) in [6.07, 6.45) is 1.38. The summed E-state index contributed by atoms with van der Waals surface area (Å²) in [5.74, 6) is 0.376. The maximum Gasteiger partial charge on any atom is 0.261 e. The van der Waals surface area contributed by atoms with Gasteiger partial charge < -0.3 is 15.0 Å². The number of carbonyl (C=O) groups is 2. The van der Waals surface area contributed by atoms with Crippen LogP contribution < -0.4 is 10.1 Å². The van der Waals surface area contributed by atoms with E-state index in [0.29, 0.717) is 25.3 Å². The molecule has 0 saturated heterocycles. The first kappa shape index (κ1) is 24.4. The molecular formula is C26H36N2O3. The zero-order valence-electron chi connectivity index (χ0n) is 19.5. The third-order valence-corrected chi connectivity index (χ3v) is 5.18. The monoisotopic (exact) mass is 424 g/mol. The van der Waals surface area contributed by atoms with Crippen molar-refractivity contribution in [1.29, 1.82) is 0 Å². The number of amides is 2. The van der Waals surface area contributed by atoms with Gasteiger partial charge in [-0.05, 0) is 35.4 Å². The Kier molecular flexibility index (Phi) is 9.10. The summed E-state index contributed by atoms with van der Waals surface area (Å²) in [5, 5.41) is 2.93. The van der Waals surface area contributed by atoms with Gasteiger partial charge in [-0.15, -0.1) is 0 Å². The lowest BCUT2D eigenvalue weighted by atomic mass is 9.86. The molecule has 5 heteroatoms. The van der Waals surface area contributed by atoms with E-state index in [2.05, 4.69) is 26.1 Å². The molecule has 0 bridgehead atoms. The van der Waals surface area contributed by atoms with Crippen molar-refractivity contribution < 1.29 is 14.3 Å². The van der Waals surface area contributed by atoms with Gasteiger partial charge in [-0.3, -0.25) is 9.59 Å². The molecule has 0 saturated carbocycles. The van der Waals surface area contributed by atoms with Crippen molar-refractivity contribution in [3.05, 3.63) is 65.7 Å². The minimum absolute atomic E-state index is 0.102. The average Bonchev–Trinajstić information content (AvgIpc) is 2.76. The standard InChI is InChI=1S/C26H36N2O3/c1-6-17-27-25(30)22(7-2)28(18-20-13-9-8-10-14-20)24(29)19-31-23-16-12-11-15-21(23)26(3,4)5/h8-16,22H,6-7,17-19H2,1-5H3,(H,27,30)/t22-/m0/s1. The van der Waals surface area contributed by atoms with Gasteiger partial charge in [0.2, 0.25) is 5.91 Å². The minimum atomic E-state index is -0.541. The van der Waals surface area contributed by atoms with Crippen LogP contribution in [0.3, 0.4) is 0 Å². The number of hydrogen-bond acceptors (Lipinski definition) is 3. The predicted octanol–water partition coefficient (Wildman–Crippen LogP) is 4.70. The number of nitrogens with zero attached hydrogens (tertiary/aromatic N) is 1. The first-order chi connectivity index (χ1) is 14.8. The maximum absolute atomic E-state index is 13.3. The highest BCUT2D eigenvalue weighted by Gasteiger charge is 2.29. The molecule has 2 aromatic carbocycles. The Labute approximate surface area is 186 Å². The number of ether oxygens (including phenoxy) is 1. The second-order valence-electron chi connectivity index (χ2n) is 8.76. The highest BCUT2D eigenvalue weighted by molar-refractivity contribution is 5.88. The van der Waals surface area contributed by atoms with Gasteiger partial charge in [0.25, 0.3) is 5.91 Å². The van der Waals surface area contributed by atoms with E-state index in [4.69, 9.17) is 4.74 Å². The molecule has 0 unspecified atom stereocenters. The van der Waals surface area contributed by atoms with Crippen molar-refractivity contribution in [1.82, 2.24) is 10.2 Å². The molecule has 1 atom stereocenters. The Morgan fingerprint density at radius 3 is 2.26 bits per heavy atom. The summed E-state index contributed by atoms with van der Waals surface area (Å²) in [4.78, 5) is 27.7. The molecule has 2 amide bonds. The number of carbonyl (C=O) groups excluding carboxylic acids is 2. The maximum atomic E-state index is 13.3. The SMILES string of the molecule is CCCNC(=O)[C@H](CC)N(Cc1ccccc1)C(=O)COc1ccccc1C(C)(C)C. The summed E-state index contributed by atoms with van der Waals surface area (Å²) >= 11 is 0. The number of nitrogens with one attached hydrogen (secondary N) is 1. The van der Waals surface area contributed by atoms with Crippen LogP contribution in [0.1, 0.15) is 58.6 Å². The van der Waals surface area contributed by atoms with Crippen molar-refractivity contribution in [2.75, 3.05) is 13.2 Å². The minimum Gasteiger partial charge on any atom is -0.483 e. The lowest BCUT2D eigenvalue weighted by Gasteiger charge is -2.31. The van der Waals surface area contributed by atoms with Gasteiger partial charge in [-0.2, -0.15) is 0 Å². The van der Waals surface area contributed by atoms with Gasteiger partial charge >= 0.3 is 0 Å². The van der Waals surface area contributed by atoms with Crippen LogP contribution in [0.2, 0.25) is 0 Å². The second kappa shape index (κ2) is 11.5. The molecule has 0 radical (unpaired) electrons. The van der Waals surface area contributed by atoms with Crippen LogP contribution in [0.4, 0.5) is 0 Å². The fourth-order valence-corrected chi connectivity index (χ4v) is 3.50. The lowest BCUT2D eigenvalue weighted by Crippen LogP contribution is -2.50. The largest absolute Gasteiger partial charge is 0.483 e. The summed E-state index contributed by atoms with van der Waals surface area (Å²) in [5.41, 5.74) is 1.92. The van der Waals surface area contributed by atoms with Crippen LogP contribution in [0.25, 0.3) is 0 Å². The molecule has 2 aromatic rings. The molecule has 2 rings (SSSR count). The van der Waals surface area contributed by atoms with Gasteiger partial charge in [0, 0.05) is 13.1 Å². The first-order valence-corrected chi connectivity index (χ1v) is 11.1. The summed E-state index contributed by atoms with van der Waals surface area (Å²) in [7, 11) is 0. The van der Waals surface area contributed by atoms with Crippen LogP contribution in [0, 0.1) is 0 Å². The van der Waals surface area contributed by atoms with E-state index in [1.54, 1.807) is 4.90 Å². The summed E-state index contributed by atoms with van der Waals surface area (Å²) in [6.45, 7) is 11.1. The van der Waals surface area contributed by atoms with Crippen LogP contribution in [-0.4, -0.2) is 35.9 Å². The van der Waals surface area contributed by atoms with Gasteiger partial charge in [0.05, 0.1) is 0 Å². The van der Waals surface area contributed by atoms with Crippen molar-refractivity contribution in [2.45, 2.75) is 65.5 Å². The molecule has 1 N–H and O–H groups in total. The third-order valence-electron chi connectivity index (χ3n) is 5.18. The topological polar surface area (TPSA) is 58.6 Å². The average molecular weight is 425 g/mol. The highest BCUT2D eigenvalue weighted by Crippen LogP contribution is 2.31. The zero-order valence-corrected chi connectivity index (χ0v) is 19.5. The first-order valence-electron chi connectivity index (χ1n) is 11.1. The highest BCUT2D eigenvalue weighted by atomic mass is 16.5. The number of hydrogen-bond donors (Lipinski definition) is 1. The number of benzene rings is 2. The van der Waals surface area contributed by atoms with E-state index < -0.39 is 6.04 Å². The number of para-hydroxylation sites is 1. The molecule has 0 aromatic heterocycles. The summed E-state index contributed by atoms with van der Waals surface area (Å²) in [6, 6.07) is 17.0. The van der Waals surface area contributed by atoms with E-state index in [1.165, 1.54) is 0 Å². The van der Waals surface area contributed by atoms with Crippen molar-refractivity contribution >= 4 is 11.8 Å². The van der Waals surface area contributed by atoms with Gasteiger partial charge in [0.1, 0.15) is 11.8 Å². The van der Waals surface area contributed by atoms with Gasteiger partial charge in [0.15, 0.2) is 6.61 Å². The predicted molar refractivity (Wildman–Crippen MR) is 125 cm³/mol. The van der Waals surface area contributed by atoms with E-state index in [0.717, 1.165) is 17.5 Å². The third kappa shape index (κ3) is 7.12. The molecule has 0 fully saturated rings. The smallest absolute Gasteiger partial charge is 0.261 e. The van der Waals surface area contributed by atoms with Crippen LogP contribution >= 0.6 is 0 Å². The van der Waals surface area contributed by atoms with Crippen LogP contribution in [-0.2, 0) is 21.5 Å². The summed E-state index contributed by atoms with van der Waals surface area (Å²) < 4.78 is 5.98. The zero-order chi connectivity index (χ0) is 22.9. The fraction of sp³-hybridized carbons (Fsp3) is 0.462. The fourth-order valence-electron chi connectivity index (χ4n) is 3.50. The second-order valence-corrected chi connectivity index (χ2v) is 8.76. The van der Waals surface area contributed by atoms with Crippen LogP contribution in [0.5, 0.6) is 5.75 Å². The Bertz CT molecular complexity index is 843. The lowest BCUT2D eigenvalue weighted by molar-refractivity contribution is -0.143. The Hall–Kier alpha value is -2.82. The van der Waals surface area contributed by atoms with E-state index in [-0.39, 0.29) is 23.8 Å². The molecule has 0 aliphatic heterocycles. The Morgan fingerprint density at radius 2 is 1.65 bits per heavy atom. The molecule has 0 spiro atoms. The Balaban J connectivity index is 2.23. The van der Waals surface area contributed by atoms with E-state index >= 15 is 0 Å². The molecule has 0 aliphatic rings. The van der Waals surface area contributed by atoms with E-state index in [1.807, 2.05) is 68.4 Å². The Morgan fingerprint density at radius 1 is 1.00 bits per heavy atom. The number of rotatable bonds is 10. The van der Waals surface area contributed by atoms with Crippen molar-refractivity contribution in [3.8, 4) is 5.75 Å². The van der Waals surface area contributed by atoms with Crippen LogP contribution in [0.15, 0.2) is 54.6 Å². The van der Waals surface area contributed by atoms with E-state index in [9.17, 15) is 9.59 Å². The molecule has 0 heterocycles. The quantitative estimate of drug-likeness (QED) is 0.602. The normalized spacial score (nSPS) is 12.2. The molecular weight excluding hydrogens is 388 g/mol.